The second-order valence-electron chi connectivity index (χ2n) is 5.96. The average molecular weight is 335 g/mol. The maximum absolute atomic E-state index is 9.44. The molecule has 7 nitrogen and oxygen atoms in total. The van der Waals surface area contributed by atoms with Crippen molar-refractivity contribution in [1.29, 1.82) is 0 Å². The molecule has 0 amide bonds. The van der Waals surface area contributed by atoms with Gasteiger partial charge in [-0.15, -0.1) is 0 Å². The molecule has 0 spiro atoms. The third-order valence-corrected chi connectivity index (χ3v) is 3.90. The summed E-state index contributed by atoms with van der Waals surface area (Å²) in [5.74, 6) is 1.49. The van der Waals surface area contributed by atoms with Crippen molar-refractivity contribution in [3.8, 4) is 17.2 Å². The molecule has 0 radical (unpaired) electrons. The number of rotatable bonds is 4. The van der Waals surface area contributed by atoms with Crippen LogP contribution in [0.3, 0.4) is 0 Å². The van der Waals surface area contributed by atoms with Crippen LogP contribution in [0.25, 0.3) is 22.6 Å². The number of aromatic nitrogens is 4. The lowest BCUT2D eigenvalue weighted by Crippen LogP contribution is -2.14. The van der Waals surface area contributed by atoms with Crippen molar-refractivity contribution in [3.05, 3.63) is 54.6 Å². The Hall–Kier alpha value is -3.35. The molecule has 0 saturated heterocycles. The first-order valence-corrected chi connectivity index (χ1v) is 7.84. The van der Waals surface area contributed by atoms with E-state index >= 15 is 0 Å². The number of furan rings is 1. The summed E-state index contributed by atoms with van der Waals surface area (Å²) in [4.78, 5) is 15.6. The summed E-state index contributed by atoms with van der Waals surface area (Å²) in [6.07, 6.45) is 3.37. The summed E-state index contributed by atoms with van der Waals surface area (Å²) in [6, 6.07) is 10.8. The Labute approximate surface area is 144 Å². The molecule has 7 heteroatoms. The molecule has 4 rings (SSSR count). The van der Waals surface area contributed by atoms with E-state index < -0.39 is 0 Å². The molecule has 0 unspecified atom stereocenters. The van der Waals surface area contributed by atoms with Gasteiger partial charge in [0.1, 0.15) is 17.0 Å². The van der Waals surface area contributed by atoms with E-state index in [0.29, 0.717) is 29.5 Å². The molecule has 1 N–H and O–H groups in total. The Morgan fingerprint density at radius 2 is 1.92 bits per heavy atom. The first kappa shape index (κ1) is 15.2. The number of aromatic hydroxyl groups is 1. The fraction of sp³-hybridized carbons (Fsp3) is 0.167. The van der Waals surface area contributed by atoms with E-state index in [4.69, 9.17) is 4.42 Å². The van der Waals surface area contributed by atoms with Crippen LogP contribution >= 0.6 is 0 Å². The molecule has 0 atom stereocenters. The van der Waals surface area contributed by atoms with Crippen LogP contribution in [0.2, 0.25) is 0 Å². The molecule has 1 aromatic carbocycles. The van der Waals surface area contributed by atoms with E-state index in [2.05, 4.69) is 15.0 Å². The molecule has 3 aromatic heterocycles. The van der Waals surface area contributed by atoms with Crippen LogP contribution in [0.1, 0.15) is 5.56 Å². The van der Waals surface area contributed by atoms with Crippen molar-refractivity contribution in [2.75, 3.05) is 19.0 Å². The van der Waals surface area contributed by atoms with Crippen molar-refractivity contribution in [3.63, 3.8) is 0 Å². The number of imidazole rings is 1. The Morgan fingerprint density at radius 3 is 2.60 bits per heavy atom. The van der Waals surface area contributed by atoms with Gasteiger partial charge in [-0.3, -0.25) is 0 Å². The van der Waals surface area contributed by atoms with E-state index in [-0.39, 0.29) is 5.75 Å². The zero-order chi connectivity index (χ0) is 17.4. The Bertz CT molecular complexity index is 1000. The quantitative estimate of drug-likeness (QED) is 0.618. The zero-order valence-corrected chi connectivity index (χ0v) is 13.9. The lowest BCUT2D eigenvalue weighted by atomic mass is 10.2. The summed E-state index contributed by atoms with van der Waals surface area (Å²) in [5, 5.41) is 9.44. The fourth-order valence-electron chi connectivity index (χ4n) is 2.63. The Morgan fingerprint density at radius 1 is 1.12 bits per heavy atom. The first-order valence-electron chi connectivity index (χ1n) is 7.84. The van der Waals surface area contributed by atoms with Crippen LogP contribution in [0, 0.1) is 0 Å². The standard InChI is InChI=1S/C18H17N5O2/c1-22(2)18-20-15(14-4-3-9-25-14)16-17(21-18)23(11-19-16)10-12-5-7-13(24)8-6-12/h3-9,11,24H,10H2,1-2H3. The van der Waals surface area contributed by atoms with Gasteiger partial charge in [-0.05, 0) is 29.8 Å². The van der Waals surface area contributed by atoms with Crippen LogP contribution < -0.4 is 4.90 Å². The molecular weight excluding hydrogens is 318 g/mol. The summed E-state index contributed by atoms with van der Waals surface area (Å²) < 4.78 is 7.48. The molecular formula is C18H17N5O2. The van der Waals surface area contributed by atoms with Gasteiger partial charge in [0.05, 0.1) is 19.1 Å². The summed E-state index contributed by atoms with van der Waals surface area (Å²) in [7, 11) is 3.79. The third kappa shape index (κ3) is 2.80. The number of phenols is 1. The van der Waals surface area contributed by atoms with Gasteiger partial charge in [0.15, 0.2) is 11.4 Å². The van der Waals surface area contributed by atoms with Crippen molar-refractivity contribution in [2.24, 2.45) is 0 Å². The molecule has 3 heterocycles. The van der Waals surface area contributed by atoms with Crippen LogP contribution in [-0.2, 0) is 6.54 Å². The lowest BCUT2D eigenvalue weighted by molar-refractivity contribution is 0.475. The monoisotopic (exact) mass is 335 g/mol. The second kappa shape index (κ2) is 5.94. The molecule has 126 valence electrons. The van der Waals surface area contributed by atoms with E-state index in [1.165, 1.54) is 0 Å². The minimum atomic E-state index is 0.247. The van der Waals surface area contributed by atoms with Crippen molar-refractivity contribution in [2.45, 2.75) is 6.54 Å². The topological polar surface area (TPSA) is 80.2 Å². The van der Waals surface area contributed by atoms with E-state index in [1.54, 1.807) is 24.7 Å². The van der Waals surface area contributed by atoms with Crippen molar-refractivity contribution >= 4 is 17.1 Å². The molecule has 0 aliphatic heterocycles. The average Bonchev–Trinajstić information content (AvgIpc) is 3.26. The maximum atomic E-state index is 9.44. The predicted molar refractivity (Wildman–Crippen MR) is 94.6 cm³/mol. The number of phenolic OH excluding ortho intramolecular Hbond substituents is 1. The largest absolute Gasteiger partial charge is 0.508 e. The number of hydrogen-bond donors (Lipinski definition) is 1. The summed E-state index contributed by atoms with van der Waals surface area (Å²) in [5.41, 5.74) is 3.14. The van der Waals surface area contributed by atoms with Crippen LogP contribution in [0.4, 0.5) is 5.95 Å². The SMILES string of the molecule is CN(C)c1nc(-c2ccco2)c2ncn(Cc3ccc(O)cc3)c2n1. The van der Waals surface area contributed by atoms with Gasteiger partial charge in [-0.25, -0.2) is 9.97 Å². The van der Waals surface area contributed by atoms with Gasteiger partial charge in [0.2, 0.25) is 5.95 Å². The number of benzene rings is 1. The van der Waals surface area contributed by atoms with E-state index in [0.717, 1.165) is 11.2 Å². The van der Waals surface area contributed by atoms with Gasteiger partial charge >= 0.3 is 0 Å². The molecule has 4 aromatic rings. The van der Waals surface area contributed by atoms with Crippen molar-refractivity contribution < 1.29 is 9.52 Å². The van der Waals surface area contributed by atoms with Crippen LogP contribution in [0.15, 0.2) is 53.4 Å². The molecule has 25 heavy (non-hydrogen) atoms. The van der Waals surface area contributed by atoms with Gasteiger partial charge in [-0.2, -0.15) is 4.98 Å². The minimum Gasteiger partial charge on any atom is -0.508 e. The molecule has 0 fully saturated rings. The van der Waals surface area contributed by atoms with Gasteiger partial charge < -0.3 is 19.0 Å². The zero-order valence-electron chi connectivity index (χ0n) is 13.9. The Kier molecular flexibility index (Phi) is 3.61. The number of anilines is 1. The molecule has 0 bridgehead atoms. The minimum absolute atomic E-state index is 0.247. The Balaban J connectivity index is 1.85. The third-order valence-electron chi connectivity index (χ3n) is 3.90. The van der Waals surface area contributed by atoms with Gasteiger partial charge in [-0.1, -0.05) is 12.1 Å². The summed E-state index contributed by atoms with van der Waals surface area (Å²) in [6.45, 7) is 0.595. The highest BCUT2D eigenvalue weighted by Crippen LogP contribution is 2.27. The smallest absolute Gasteiger partial charge is 0.227 e. The van der Waals surface area contributed by atoms with Gasteiger partial charge in [0.25, 0.3) is 0 Å². The first-order chi connectivity index (χ1) is 12.1. The second-order valence-corrected chi connectivity index (χ2v) is 5.96. The highest BCUT2D eigenvalue weighted by atomic mass is 16.3. The van der Waals surface area contributed by atoms with E-state index in [9.17, 15) is 5.11 Å². The highest BCUT2D eigenvalue weighted by molar-refractivity contribution is 5.86. The molecule has 0 saturated carbocycles. The van der Waals surface area contributed by atoms with Crippen molar-refractivity contribution in [1.82, 2.24) is 19.5 Å². The number of nitrogens with zero attached hydrogens (tertiary/aromatic N) is 5. The molecule has 0 aliphatic carbocycles. The molecule has 0 aliphatic rings. The number of fused-ring (bicyclic) bond motifs is 1. The van der Waals surface area contributed by atoms with Gasteiger partial charge in [0, 0.05) is 14.1 Å². The van der Waals surface area contributed by atoms with Crippen LogP contribution in [-0.4, -0.2) is 38.7 Å². The van der Waals surface area contributed by atoms with E-state index in [1.807, 2.05) is 47.8 Å². The lowest BCUT2D eigenvalue weighted by Gasteiger charge is -2.12. The fourth-order valence-corrected chi connectivity index (χ4v) is 2.63. The predicted octanol–water partition coefficient (Wildman–Crippen LogP) is 2.91. The van der Waals surface area contributed by atoms with Crippen LogP contribution in [0.5, 0.6) is 5.75 Å². The summed E-state index contributed by atoms with van der Waals surface area (Å²) >= 11 is 0. The maximum Gasteiger partial charge on any atom is 0.227 e. The highest BCUT2D eigenvalue weighted by Gasteiger charge is 2.17. The number of hydrogen-bond acceptors (Lipinski definition) is 6. The normalized spacial score (nSPS) is 11.1.